The van der Waals surface area contributed by atoms with Gasteiger partial charge in [-0.15, -0.1) is 36.2 Å². The van der Waals surface area contributed by atoms with Gasteiger partial charge < -0.3 is 15.1 Å². The predicted octanol–water partition coefficient (Wildman–Crippen LogP) is 2.22. The van der Waals surface area contributed by atoms with E-state index >= 15 is 0 Å². The number of halogens is 2. The van der Waals surface area contributed by atoms with Crippen molar-refractivity contribution in [1.29, 1.82) is 0 Å². The number of carbonyl (C=O) groups excluding carboxylic acids is 1. The highest BCUT2D eigenvalue weighted by Gasteiger charge is 2.44. The number of anilines is 1. The van der Waals surface area contributed by atoms with Crippen LogP contribution in [0.1, 0.15) is 12.8 Å². The van der Waals surface area contributed by atoms with Gasteiger partial charge in [-0.2, -0.15) is 5.10 Å². The Morgan fingerprint density at radius 2 is 1.85 bits per heavy atom. The van der Waals surface area contributed by atoms with Crippen molar-refractivity contribution in [1.82, 2.24) is 20.0 Å². The Labute approximate surface area is 170 Å². The zero-order valence-corrected chi connectivity index (χ0v) is 17.0. The Hall–Kier alpha value is -1.28. The molecule has 0 saturated carbocycles. The maximum atomic E-state index is 13.4. The lowest BCUT2D eigenvalue weighted by molar-refractivity contribution is -0.143. The molecule has 2 saturated heterocycles. The molecule has 0 unspecified atom stereocenters. The van der Waals surface area contributed by atoms with E-state index in [2.05, 4.69) is 32.8 Å². The van der Waals surface area contributed by atoms with E-state index in [1.165, 1.54) is 5.00 Å². The Balaban J connectivity index is 0.00000121. The van der Waals surface area contributed by atoms with E-state index in [0.29, 0.717) is 0 Å². The summed E-state index contributed by atoms with van der Waals surface area (Å²) in [5.74, 6) is 0.235. The van der Waals surface area contributed by atoms with Gasteiger partial charge in [-0.05, 0) is 49.5 Å². The molecule has 1 amide bonds. The Morgan fingerprint density at radius 1 is 1.12 bits per heavy atom. The second kappa shape index (κ2) is 9.08. The average Bonchev–Trinajstić information content (AvgIpc) is 3.35. The minimum atomic E-state index is -0.514. The summed E-state index contributed by atoms with van der Waals surface area (Å²) < 4.78 is 1.89. The molecule has 0 atom stereocenters. The number of hydrogen-bond acceptors (Lipinski definition) is 5. The zero-order chi connectivity index (χ0) is 16.4. The van der Waals surface area contributed by atoms with Crippen molar-refractivity contribution in [3.05, 3.63) is 36.0 Å². The topological polar surface area (TPSA) is 53.4 Å². The minimum Gasteiger partial charge on any atom is -0.360 e. The van der Waals surface area contributed by atoms with Gasteiger partial charge in [-0.1, -0.05) is 0 Å². The van der Waals surface area contributed by atoms with Crippen LogP contribution in [0.25, 0.3) is 0 Å². The van der Waals surface area contributed by atoms with Gasteiger partial charge in [-0.3, -0.25) is 9.48 Å². The van der Waals surface area contributed by atoms with Crippen LogP contribution >= 0.6 is 36.2 Å². The normalized spacial score (nSPS) is 19.4. The second-order valence-corrected chi connectivity index (χ2v) is 7.39. The number of thiophene rings is 1. The zero-order valence-electron chi connectivity index (χ0n) is 14.5. The maximum Gasteiger partial charge on any atom is 0.250 e. The Kier molecular flexibility index (Phi) is 7.34. The van der Waals surface area contributed by atoms with Gasteiger partial charge in [0.1, 0.15) is 5.54 Å². The lowest BCUT2D eigenvalue weighted by atomic mass is 9.86. The first kappa shape index (κ1) is 21.0. The van der Waals surface area contributed by atoms with Crippen molar-refractivity contribution >= 4 is 47.1 Å². The van der Waals surface area contributed by atoms with Crippen molar-refractivity contribution in [2.75, 3.05) is 44.2 Å². The molecule has 0 aromatic carbocycles. The smallest absolute Gasteiger partial charge is 0.250 e. The molecule has 2 aromatic rings. The molecule has 144 valence electrons. The number of nitrogens with one attached hydrogen (secondary N) is 1. The van der Waals surface area contributed by atoms with E-state index in [4.69, 9.17) is 0 Å². The van der Waals surface area contributed by atoms with E-state index in [1.807, 2.05) is 21.8 Å². The van der Waals surface area contributed by atoms with E-state index < -0.39 is 5.54 Å². The monoisotopic (exact) mass is 417 g/mol. The van der Waals surface area contributed by atoms with Crippen molar-refractivity contribution < 1.29 is 4.79 Å². The number of hydrogen-bond donors (Lipinski definition) is 1. The number of carbonyl (C=O) groups is 1. The van der Waals surface area contributed by atoms with E-state index in [1.54, 1.807) is 17.5 Å². The average molecular weight is 418 g/mol. The molecular formula is C17H25Cl2N5OS. The van der Waals surface area contributed by atoms with Gasteiger partial charge in [0.25, 0.3) is 5.91 Å². The molecule has 0 bridgehead atoms. The number of piperidine rings is 1. The third kappa shape index (κ3) is 3.86. The fraction of sp³-hybridized carbons (Fsp3) is 0.529. The van der Waals surface area contributed by atoms with Crippen molar-refractivity contribution in [3.63, 3.8) is 0 Å². The third-order valence-electron chi connectivity index (χ3n) is 5.16. The van der Waals surface area contributed by atoms with Crippen LogP contribution in [0.3, 0.4) is 0 Å². The van der Waals surface area contributed by atoms with Crippen molar-refractivity contribution in [2.45, 2.75) is 18.4 Å². The summed E-state index contributed by atoms with van der Waals surface area (Å²) >= 11 is 1.76. The molecule has 0 aliphatic carbocycles. The first-order valence-corrected chi connectivity index (χ1v) is 9.46. The quantitative estimate of drug-likeness (QED) is 0.831. The summed E-state index contributed by atoms with van der Waals surface area (Å²) in [4.78, 5) is 17.8. The summed E-state index contributed by atoms with van der Waals surface area (Å²) in [6.45, 7) is 5.10. The number of rotatable bonds is 3. The molecule has 0 radical (unpaired) electrons. The summed E-state index contributed by atoms with van der Waals surface area (Å²) in [5.41, 5.74) is -0.514. The molecule has 4 rings (SSSR count). The standard InChI is InChI=1S/C17H23N5OS.2ClH/c23-16(17(4-7-18-8-5-17)22-9-2-6-19-22)21-12-10-20(11-13-21)15-3-1-14-24-15;;/h1-3,6,9,14,18H,4-5,7-8,10-13H2;2*1H. The molecule has 9 heteroatoms. The first-order valence-electron chi connectivity index (χ1n) is 8.58. The van der Waals surface area contributed by atoms with E-state index in [0.717, 1.165) is 52.1 Å². The SMILES string of the molecule is Cl.Cl.O=C(N1CCN(c2cccs2)CC1)C1(n2cccn2)CCNCC1. The van der Waals surface area contributed by atoms with Gasteiger partial charge in [0.15, 0.2) is 0 Å². The van der Waals surface area contributed by atoms with Crippen molar-refractivity contribution in [2.24, 2.45) is 0 Å². The molecule has 6 nitrogen and oxygen atoms in total. The van der Waals surface area contributed by atoms with Crippen LogP contribution in [0, 0.1) is 0 Å². The van der Waals surface area contributed by atoms with Crippen LogP contribution in [0.4, 0.5) is 5.00 Å². The lowest BCUT2D eigenvalue weighted by Crippen LogP contribution is -2.59. The first-order chi connectivity index (χ1) is 11.8. The highest BCUT2D eigenvalue weighted by molar-refractivity contribution is 7.14. The molecule has 2 aliphatic heterocycles. The molecule has 0 spiro atoms. The summed E-state index contributed by atoms with van der Waals surface area (Å²) in [6, 6.07) is 6.14. The number of aromatic nitrogens is 2. The molecule has 26 heavy (non-hydrogen) atoms. The van der Waals surface area contributed by atoms with Crippen molar-refractivity contribution in [3.8, 4) is 0 Å². The molecular weight excluding hydrogens is 393 g/mol. The van der Waals surface area contributed by atoms with Crippen LogP contribution in [0.5, 0.6) is 0 Å². The van der Waals surface area contributed by atoms with Gasteiger partial charge in [0.2, 0.25) is 0 Å². The van der Waals surface area contributed by atoms with Crippen LogP contribution in [-0.4, -0.2) is 59.9 Å². The Morgan fingerprint density at radius 3 is 2.42 bits per heavy atom. The minimum absolute atomic E-state index is 0. The predicted molar refractivity (Wildman–Crippen MR) is 110 cm³/mol. The van der Waals surface area contributed by atoms with Crippen LogP contribution in [-0.2, 0) is 10.3 Å². The summed E-state index contributed by atoms with van der Waals surface area (Å²) in [7, 11) is 0. The van der Waals surface area contributed by atoms with Crippen LogP contribution in [0.15, 0.2) is 36.0 Å². The van der Waals surface area contributed by atoms with E-state index in [9.17, 15) is 4.79 Å². The van der Waals surface area contributed by atoms with Gasteiger partial charge in [0.05, 0.1) is 5.00 Å². The molecule has 1 N–H and O–H groups in total. The summed E-state index contributed by atoms with van der Waals surface area (Å²) in [5, 5.41) is 11.2. The number of nitrogens with zero attached hydrogens (tertiary/aromatic N) is 4. The van der Waals surface area contributed by atoms with Gasteiger partial charge in [0, 0.05) is 38.6 Å². The van der Waals surface area contributed by atoms with E-state index in [-0.39, 0.29) is 30.7 Å². The molecule has 2 fully saturated rings. The fourth-order valence-electron chi connectivity index (χ4n) is 3.78. The highest BCUT2D eigenvalue weighted by atomic mass is 35.5. The van der Waals surface area contributed by atoms with Crippen LogP contribution in [0.2, 0.25) is 0 Å². The Bertz CT molecular complexity index is 665. The maximum absolute atomic E-state index is 13.4. The number of amides is 1. The lowest BCUT2D eigenvalue weighted by Gasteiger charge is -2.43. The largest absolute Gasteiger partial charge is 0.360 e. The third-order valence-corrected chi connectivity index (χ3v) is 6.09. The highest BCUT2D eigenvalue weighted by Crippen LogP contribution is 2.30. The van der Waals surface area contributed by atoms with Gasteiger partial charge in [-0.25, -0.2) is 0 Å². The molecule has 2 aliphatic rings. The van der Waals surface area contributed by atoms with Gasteiger partial charge >= 0.3 is 0 Å². The van der Waals surface area contributed by atoms with Crippen LogP contribution < -0.4 is 10.2 Å². The summed E-state index contributed by atoms with van der Waals surface area (Å²) in [6.07, 6.45) is 5.31. The number of piperazine rings is 1. The molecule has 4 heterocycles. The second-order valence-electron chi connectivity index (χ2n) is 6.46. The molecule has 2 aromatic heterocycles. The fourth-order valence-corrected chi connectivity index (χ4v) is 4.56.